The number of phenolic OH excluding ortho intramolecular Hbond substituents is 3. The highest BCUT2D eigenvalue weighted by molar-refractivity contribution is 6.05. The Hall–Kier alpha value is -8.55. The Labute approximate surface area is 499 Å². The van der Waals surface area contributed by atoms with Crippen LogP contribution in [0, 0.1) is 41.4 Å². The molecule has 0 saturated heterocycles. The van der Waals surface area contributed by atoms with Crippen molar-refractivity contribution in [2.75, 3.05) is 5.32 Å². The Morgan fingerprint density at radius 1 is 0.573 bits per heavy atom. The molecule has 13 nitrogen and oxygen atoms in total. The molecule has 0 aliphatic heterocycles. The van der Waals surface area contributed by atoms with E-state index in [2.05, 4.69) is 5.32 Å². The van der Waals surface area contributed by atoms with Gasteiger partial charge in [0.25, 0.3) is 12.4 Å². The SMILES string of the molecule is O.O=COC1C2C=CC(C2)C1CCc1cccc(C(c2ccc(O)c(NC(=O)c3ccc(Oc4ccc(CCc5cc(C(c6ccc(O)c(C(NO)C7C8C=CC(C8)C7C(=O)O)c6)(C(F)(F)F)C(F)(F)F)ccc5O)cc4)cc3)c2)(C(F)(F)F)C(F)(F)F)c1. The number of halogens is 12. The fourth-order valence-corrected chi connectivity index (χ4v) is 13.7. The van der Waals surface area contributed by atoms with E-state index in [1.165, 1.54) is 54.6 Å². The molecule has 0 aromatic heterocycles. The zero-order chi connectivity index (χ0) is 63.5. The number of carboxylic acids is 1. The van der Waals surface area contributed by atoms with Gasteiger partial charge in [-0.3, -0.25) is 14.4 Å². The summed E-state index contributed by atoms with van der Waals surface area (Å²) in [6.07, 6.45) is -16.6. The van der Waals surface area contributed by atoms with Crippen LogP contribution in [0.2, 0.25) is 0 Å². The molecule has 4 aliphatic rings. The third-order valence-electron chi connectivity index (χ3n) is 17.9. The first-order chi connectivity index (χ1) is 41.5. The molecular formula is C64H56F12N2O11. The van der Waals surface area contributed by atoms with Gasteiger partial charge in [-0.2, -0.15) is 58.2 Å². The van der Waals surface area contributed by atoms with Crippen LogP contribution in [0.4, 0.5) is 58.4 Å². The summed E-state index contributed by atoms with van der Waals surface area (Å²) in [5, 5.41) is 54.9. The lowest BCUT2D eigenvalue weighted by molar-refractivity contribution is -0.290. The zero-order valence-electron chi connectivity index (χ0n) is 46.3. The van der Waals surface area contributed by atoms with Crippen molar-refractivity contribution in [1.29, 1.82) is 0 Å². The van der Waals surface area contributed by atoms with Crippen molar-refractivity contribution in [3.63, 3.8) is 0 Å². The number of alkyl halides is 12. The normalized spacial score (nSPS) is 21.8. The van der Waals surface area contributed by atoms with Gasteiger partial charge in [0.1, 0.15) is 34.9 Å². The number of carbonyl (C=O) groups is 3. The number of ether oxygens (including phenoxy) is 2. The Morgan fingerprint density at radius 3 is 1.70 bits per heavy atom. The largest absolute Gasteiger partial charge is 0.508 e. The lowest BCUT2D eigenvalue weighted by Crippen LogP contribution is -2.55. The van der Waals surface area contributed by atoms with Gasteiger partial charge in [-0.15, -0.1) is 0 Å². The van der Waals surface area contributed by atoms with Crippen LogP contribution in [0.15, 0.2) is 152 Å². The van der Waals surface area contributed by atoms with Crippen molar-refractivity contribution in [2.45, 2.75) is 86.2 Å². The molecule has 6 aromatic carbocycles. The number of carbonyl (C=O) groups excluding carboxylic acids is 2. The predicted molar refractivity (Wildman–Crippen MR) is 295 cm³/mol. The summed E-state index contributed by atoms with van der Waals surface area (Å²) in [4.78, 5) is 37.0. The van der Waals surface area contributed by atoms with E-state index in [9.17, 15) is 40.0 Å². The summed E-state index contributed by atoms with van der Waals surface area (Å²) in [5.41, 5.74) is -14.2. The number of hydroxylamine groups is 1. The summed E-state index contributed by atoms with van der Waals surface area (Å²) >= 11 is 0. The number of amides is 1. The highest BCUT2D eigenvalue weighted by Crippen LogP contribution is 2.60. The summed E-state index contributed by atoms with van der Waals surface area (Å²) in [6, 6.07) is 18.0. The summed E-state index contributed by atoms with van der Waals surface area (Å²) in [5.74, 6) is -7.98. The Kier molecular flexibility index (Phi) is 17.8. The molecule has 10 rings (SSSR count). The van der Waals surface area contributed by atoms with Crippen LogP contribution < -0.4 is 15.5 Å². The fourth-order valence-electron chi connectivity index (χ4n) is 13.7. The number of hydrogen-bond donors (Lipinski definition) is 7. The average molecular weight is 1260 g/mol. The Balaban J connectivity index is 0.00000941. The molecule has 0 heterocycles. The van der Waals surface area contributed by atoms with E-state index in [0.29, 0.717) is 85.5 Å². The van der Waals surface area contributed by atoms with Gasteiger partial charge < -0.3 is 45.9 Å². The van der Waals surface area contributed by atoms with Gasteiger partial charge in [-0.1, -0.05) is 85.0 Å². The molecule has 0 spiro atoms. The second-order valence-corrected chi connectivity index (χ2v) is 22.6. The maximum Gasteiger partial charge on any atom is 0.411 e. The number of allylic oxidation sites excluding steroid dienone is 3. The molecule has 4 aliphatic carbocycles. The third kappa shape index (κ3) is 11.7. The fraction of sp³-hybridized carbons (Fsp3) is 0.328. The van der Waals surface area contributed by atoms with Crippen molar-refractivity contribution in [3.8, 4) is 28.7 Å². The van der Waals surface area contributed by atoms with Crippen molar-refractivity contribution >= 4 is 24.0 Å². The molecule has 6 aromatic rings. The van der Waals surface area contributed by atoms with Gasteiger partial charge >= 0.3 is 30.7 Å². The molecule has 472 valence electrons. The maximum absolute atomic E-state index is 15.5. The van der Waals surface area contributed by atoms with E-state index in [1.54, 1.807) is 12.2 Å². The van der Waals surface area contributed by atoms with E-state index in [-0.39, 0.29) is 77.1 Å². The van der Waals surface area contributed by atoms with E-state index in [0.717, 1.165) is 12.1 Å². The summed E-state index contributed by atoms with van der Waals surface area (Å²) < 4.78 is 196. The number of carboxylic acid groups (broad SMARTS) is 1. The molecule has 2 fully saturated rings. The van der Waals surface area contributed by atoms with Crippen LogP contribution in [0.25, 0.3) is 0 Å². The first-order valence-corrected chi connectivity index (χ1v) is 27.6. The van der Waals surface area contributed by atoms with Crippen LogP contribution in [-0.4, -0.2) is 80.3 Å². The number of fused-ring (bicyclic) bond motifs is 4. The molecule has 9 unspecified atom stereocenters. The van der Waals surface area contributed by atoms with Crippen LogP contribution in [0.3, 0.4) is 0 Å². The second-order valence-electron chi connectivity index (χ2n) is 22.6. The molecule has 2 saturated carbocycles. The van der Waals surface area contributed by atoms with Gasteiger partial charge in [-0.05, 0) is 162 Å². The first-order valence-electron chi connectivity index (χ1n) is 27.6. The number of benzene rings is 6. The molecule has 1 amide bonds. The van der Waals surface area contributed by atoms with E-state index in [1.807, 2.05) is 17.6 Å². The van der Waals surface area contributed by atoms with E-state index < -0.39 is 134 Å². The second kappa shape index (κ2) is 24.4. The van der Waals surface area contributed by atoms with E-state index >= 15 is 52.7 Å². The van der Waals surface area contributed by atoms with Gasteiger partial charge in [-0.25, -0.2) is 0 Å². The lowest BCUT2D eigenvalue weighted by atomic mass is 9.70. The minimum absolute atomic E-state index is 0. The quantitative estimate of drug-likeness (QED) is 0.0125. The van der Waals surface area contributed by atoms with Gasteiger partial charge in [0, 0.05) is 28.9 Å². The molecule has 25 heteroatoms. The average Bonchev–Trinajstić information content (AvgIpc) is 1.54. The standard InChI is InChI=1S/C64H54F12N2O10.H2O/c65-61(66,67)59(62(68,69)70,41-3-1-2-34(26-41)7-22-47-36-9-12-40(27-36)56(47)87-32-79)44-17-25-52(82)49(31-44)77-57(83)35-13-20-46(21-14-35)88-45-18-5-33(6-19-45)4-8-37-29-42(15-23-50(37)80)60(63(71,72)73,64(74,75)76)43-16-24-51(81)48(30-43)55(78-86)53-38-10-11-39(28-38)54(53)58(84)85;/h1-3,5-6,9-21,23-26,29-32,36,38-40,47,53-56,78,80-82,86H,4,7-8,22,27-28H2,(H,77,83)(H,84,85);1H2. The number of anilines is 1. The van der Waals surface area contributed by atoms with Gasteiger partial charge in [0.05, 0.1) is 17.6 Å². The Bertz CT molecular complexity index is 3630. The predicted octanol–water partition coefficient (Wildman–Crippen LogP) is 13.5. The molecule has 0 radical (unpaired) electrons. The van der Waals surface area contributed by atoms with Crippen LogP contribution >= 0.6 is 0 Å². The number of rotatable bonds is 20. The molecule has 4 bridgehead atoms. The first kappa shape index (κ1) is 64.9. The highest BCUT2D eigenvalue weighted by Gasteiger charge is 2.74. The monoisotopic (exact) mass is 1260 g/mol. The number of aliphatic carboxylic acids is 1. The van der Waals surface area contributed by atoms with Crippen LogP contribution in [0.5, 0.6) is 28.7 Å². The number of nitrogens with one attached hydrogen (secondary N) is 2. The minimum Gasteiger partial charge on any atom is -0.508 e. The van der Waals surface area contributed by atoms with Gasteiger partial charge in [0.2, 0.25) is 10.8 Å². The minimum atomic E-state index is -6.13. The summed E-state index contributed by atoms with van der Waals surface area (Å²) in [7, 11) is 0. The number of aryl methyl sites for hydroxylation is 3. The number of phenols is 3. The van der Waals surface area contributed by atoms with Gasteiger partial charge in [0.15, 0.2) is 0 Å². The van der Waals surface area contributed by atoms with Crippen LogP contribution in [-0.2, 0) is 44.4 Å². The van der Waals surface area contributed by atoms with Crippen molar-refractivity contribution < 1.29 is 108 Å². The highest BCUT2D eigenvalue weighted by atomic mass is 19.4. The van der Waals surface area contributed by atoms with Crippen molar-refractivity contribution in [2.24, 2.45) is 41.4 Å². The maximum atomic E-state index is 15.5. The number of hydrogen-bond acceptors (Lipinski definition) is 10. The molecule has 89 heavy (non-hydrogen) atoms. The zero-order valence-corrected chi connectivity index (χ0v) is 46.3. The molecule has 9 atom stereocenters. The Morgan fingerprint density at radius 2 is 1.10 bits per heavy atom. The smallest absolute Gasteiger partial charge is 0.411 e. The third-order valence-corrected chi connectivity index (χ3v) is 17.9. The lowest BCUT2D eigenvalue weighted by Gasteiger charge is -2.39. The van der Waals surface area contributed by atoms with Crippen molar-refractivity contribution in [1.82, 2.24) is 5.48 Å². The van der Waals surface area contributed by atoms with Crippen LogP contribution in [0.1, 0.15) is 80.2 Å². The van der Waals surface area contributed by atoms with E-state index in [4.69, 9.17) is 9.47 Å². The van der Waals surface area contributed by atoms with Crippen molar-refractivity contribution in [3.05, 3.63) is 202 Å². The molecular weight excluding hydrogens is 1200 g/mol. The molecule has 9 N–H and O–H groups in total. The summed E-state index contributed by atoms with van der Waals surface area (Å²) in [6.45, 7) is 0.318. The number of aromatic hydroxyl groups is 3. The topological polar surface area (TPSA) is 226 Å².